The number of nitro groups is 1. The van der Waals surface area contributed by atoms with Crippen LogP contribution >= 0.6 is 0 Å². The largest absolute Gasteiger partial charge is 0.368 e. The molecular formula is C12H13FN2O3. The summed E-state index contributed by atoms with van der Waals surface area (Å²) in [5.74, 6) is -0.576. The molecule has 1 aromatic carbocycles. The number of ketones is 1. The average Bonchev–Trinajstić information content (AvgIpc) is 2.32. The molecule has 0 spiro atoms. The molecule has 0 radical (unpaired) electrons. The van der Waals surface area contributed by atoms with Crippen molar-refractivity contribution in [3.63, 3.8) is 0 Å². The Bertz CT molecular complexity index is 504. The molecule has 6 heteroatoms. The van der Waals surface area contributed by atoms with Crippen LogP contribution in [0.1, 0.15) is 13.3 Å². The number of benzene rings is 1. The summed E-state index contributed by atoms with van der Waals surface area (Å²) in [5, 5.41) is 10.5. The molecule has 0 saturated carbocycles. The first-order chi connectivity index (χ1) is 8.49. The van der Waals surface area contributed by atoms with E-state index in [-0.39, 0.29) is 17.4 Å². The van der Waals surface area contributed by atoms with Gasteiger partial charge in [-0.05, 0) is 6.07 Å². The Hall–Kier alpha value is -1.98. The minimum Gasteiger partial charge on any atom is -0.368 e. The minimum atomic E-state index is -0.630. The molecule has 0 amide bonds. The highest BCUT2D eigenvalue weighted by atomic mass is 19.1. The number of carbonyl (C=O) groups excluding carboxylic acids is 1. The van der Waals surface area contributed by atoms with Crippen LogP contribution in [-0.4, -0.2) is 23.8 Å². The van der Waals surface area contributed by atoms with Crippen LogP contribution in [0.3, 0.4) is 0 Å². The van der Waals surface area contributed by atoms with Crippen molar-refractivity contribution < 1.29 is 14.1 Å². The van der Waals surface area contributed by atoms with E-state index < -0.39 is 10.7 Å². The van der Waals surface area contributed by atoms with E-state index in [0.717, 1.165) is 6.07 Å². The zero-order valence-corrected chi connectivity index (χ0v) is 9.93. The molecule has 1 atom stereocenters. The first-order valence-corrected chi connectivity index (χ1v) is 5.70. The number of hydrogen-bond acceptors (Lipinski definition) is 4. The van der Waals surface area contributed by atoms with Gasteiger partial charge in [0.1, 0.15) is 5.78 Å². The Balaban J connectivity index is 2.24. The number of rotatable bonds is 2. The highest BCUT2D eigenvalue weighted by Crippen LogP contribution is 2.27. The number of nitro benzene ring substituents is 1. The summed E-state index contributed by atoms with van der Waals surface area (Å²) in [4.78, 5) is 23.0. The quantitative estimate of drug-likeness (QED) is 0.597. The standard InChI is InChI=1S/C12H13FN2O3/c1-8-7-14(5-4-12(8)16)11-3-2-9(15(17)18)6-10(11)13/h2-3,6,8H,4-5,7H2,1H3. The van der Waals surface area contributed by atoms with Gasteiger partial charge in [0.25, 0.3) is 5.69 Å². The smallest absolute Gasteiger partial charge is 0.272 e. The van der Waals surface area contributed by atoms with Crippen LogP contribution < -0.4 is 4.90 Å². The highest BCUT2D eigenvalue weighted by Gasteiger charge is 2.25. The Morgan fingerprint density at radius 3 is 2.78 bits per heavy atom. The maximum Gasteiger partial charge on any atom is 0.272 e. The van der Waals surface area contributed by atoms with Gasteiger partial charge in [0, 0.05) is 31.5 Å². The molecule has 1 saturated heterocycles. The number of non-ortho nitro benzene ring substituents is 1. The van der Waals surface area contributed by atoms with Crippen LogP contribution in [0.4, 0.5) is 15.8 Å². The molecular weight excluding hydrogens is 239 g/mol. The molecule has 5 nitrogen and oxygen atoms in total. The van der Waals surface area contributed by atoms with Crippen molar-refractivity contribution in [3.8, 4) is 0 Å². The van der Waals surface area contributed by atoms with Crippen molar-refractivity contribution in [1.82, 2.24) is 0 Å². The molecule has 1 aliphatic rings. The molecule has 0 aliphatic carbocycles. The van der Waals surface area contributed by atoms with Gasteiger partial charge in [0.15, 0.2) is 5.82 Å². The van der Waals surface area contributed by atoms with Crippen LogP contribution in [0.5, 0.6) is 0 Å². The molecule has 0 bridgehead atoms. The van der Waals surface area contributed by atoms with Crippen LogP contribution in [0.15, 0.2) is 18.2 Å². The Labute approximate surface area is 103 Å². The fourth-order valence-corrected chi connectivity index (χ4v) is 2.10. The van der Waals surface area contributed by atoms with Gasteiger partial charge in [-0.3, -0.25) is 14.9 Å². The van der Waals surface area contributed by atoms with E-state index in [2.05, 4.69) is 0 Å². The number of piperidine rings is 1. The summed E-state index contributed by atoms with van der Waals surface area (Å²) >= 11 is 0. The van der Waals surface area contributed by atoms with Crippen molar-refractivity contribution in [2.75, 3.05) is 18.0 Å². The molecule has 18 heavy (non-hydrogen) atoms. The lowest BCUT2D eigenvalue weighted by molar-refractivity contribution is -0.385. The van der Waals surface area contributed by atoms with Crippen LogP contribution in [0.2, 0.25) is 0 Å². The normalized spacial score (nSPS) is 20.0. The van der Waals surface area contributed by atoms with Gasteiger partial charge in [-0.15, -0.1) is 0 Å². The Morgan fingerprint density at radius 1 is 1.50 bits per heavy atom. The number of nitrogens with zero attached hydrogens (tertiary/aromatic N) is 2. The molecule has 96 valence electrons. The minimum absolute atomic E-state index is 0.131. The lowest BCUT2D eigenvalue weighted by Crippen LogP contribution is -2.40. The van der Waals surface area contributed by atoms with E-state index in [0.29, 0.717) is 25.2 Å². The lowest BCUT2D eigenvalue weighted by atomic mass is 9.98. The lowest BCUT2D eigenvalue weighted by Gasteiger charge is -2.32. The summed E-state index contributed by atoms with van der Waals surface area (Å²) < 4.78 is 13.8. The molecule has 2 rings (SSSR count). The zero-order chi connectivity index (χ0) is 13.3. The van der Waals surface area contributed by atoms with Gasteiger partial charge in [-0.2, -0.15) is 0 Å². The number of Topliss-reactive ketones (excluding diaryl/α,β-unsaturated/α-hetero) is 1. The number of carbonyl (C=O) groups is 1. The maximum absolute atomic E-state index is 13.8. The zero-order valence-electron chi connectivity index (χ0n) is 9.93. The first-order valence-electron chi connectivity index (χ1n) is 5.70. The predicted molar refractivity (Wildman–Crippen MR) is 64.1 cm³/mol. The van der Waals surface area contributed by atoms with Gasteiger partial charge in [0.05, 0.1) is 16.7 Å². The van der Waals surface area contributed by atoms with Gasteiger partial charge in [0.2, 0.25) is 0 Å². The van der Waals surface area contributed by atoms with E-state index in [1.807, 2.05) is 0 Å². The van der Waals surface area contributed by atoms with E-state index >= 15 is 0 Å². The number of halogens is 1. The SMILES string of the molecule is CC1CN(c2ccc([N+](=O)[O-])cc2F)CCC1=O. The molecule has 1 unspecified atom stereocenters. The topological polar surface area (TPSA) is 63.4 Å². The van der Waals surface area contributed by atoms with Crippen molar-refractivity contribution in [1.29, 1.82) is 0 Å². The molecule has 1 aromatic rings. The molecule has 1 fully saturated rings. The number of hydrogen-bond donors (Lipinski definition) is 0. The Kier molecular flexibility index (Phi) is 3.27. The third-order valence-corrected chi connectivity index (χ3v) is 3.15. The van der Waals surface area contributed by atoms with Crippen LogP contribution in [0, 0.1) is 21.8 Å². The first kappa shape index (κ1) is 12.5. The summed E-state index contributed by atoms with van der Waals surface area (Å²) in [5.41, 5.74) is 0.0531. The van der Waals surface area contributed by atoms with E-state index in [9.17, 15) is 19.3 Å². The van der Waals surface area contributed by atoms with Gasteiger partial charge < -0.3 is 4.90 Å². The van der Waals surface area contributed by atoms with Crippen molar-refractivity contribution in [2.24, 2.45) is 5.92 Å². The second-order valence-corrected chi connectivity index (χ2v) is 4.46. The van der Waals surface area contributed by atoms with Crippen LogP contribution in [0.25, 0.3) is 0 Å². The fraction of sp³-hybridized carbons (Fsp3) is 0.417. The second-order valence-electron chi connectivity index (χ2n) is 4.46. The third-order valence-electron chi connectivity index (χ3n) is 3.15. The summed E-state index contributed by atoms with van der Waals surface area (Å²) in [6.07, 6.45) is 0.387. The summed E-state index contributed by atoms with van der Waals surface area (Å²) in [7, 11) is 0. The van der Waals surface area contributed by atoms with Crippen molar-refractivity contribution in [2.45, 2.75) is 13.3 Å². The summed E-state index contributed by atoms with van der Waals surface area (Å²) in [6, 6.07) is 3.59. The maximum atomic E-state index is 13.8. The van der Waals surface area contributed by atoms with Crippen LogP contribution in [-0.2, 0) is 4.79 Å². The summed E-state index contributed by atoms with van der Waals surface area (Å²) in [6.45, 7) is 2.71. The predicted octanol–water partition coefficient (Wildman–Crippen LogP) is 2.15. The molecule has 0 aromatic heterocycles. The van der Waals surface area contributed by atoms with Gasteiger partial charge in [-0.1, -0.05) is 6.92 Å². The monoisotopic (exact) mass is 252 g/mol. The van der Waals surface area contributed by atoms with Crippen molar-refractivity contribution in [3.05, 3.63) is 34.1 Å². The number of anilines is 1. The van der Waals surface area contributed by atoms with Crippen molar-refractivity contribution >= 4 is 17.2 Å². The van der Waals surface area contributed by atoms with Gasteiger partial charge in [-0.25, -0.2) is 4.39 Å². The van der Waals surface area contributed by atoms with E-state index in [1.165, 1.54) is 12.1 Å². The molecule has 1 aliphatic heterocycles. The van der Waals surface area contributed by atoms with Gasteiger partial charge >= 0.3 is 0 Å². The molecule has 1 heterocycles. The van der Waals surface area contributed by atoms with E-state index in [4.69, 9.17) is 0 Å². The fourth-order valence-electron chi connectivity index (χ4n) is 2.10. The Morgan fingerprint density at radius 2 is 2.22 bits per heavy atom. The highest BCUT2D eigenvalue weighted by molar-refractivity contribution is 5.83. The second kappa shape index (κ2) is 4.72. The van der Waals surface area contributed by atoms with E-state index in [1.54, 1.807) is 11.8 Å². The third kappa shape index (κ3) is 2.32. The average molecular weight is 252 g/mol. The molecule has 0 N–H and O–H groups in total.